The molecule has 1 aromatic heterocycles. The van der Waals surface area contributed by atoms with Gasteiger partial charge in [0.25, 0.3) is 0 Å². The maximum absolute atomic E-state index is 11.0. The Hall–Kier alpha value is -1.61. The summed E-state index contributed by atoms with van der Waals surface area (Å²) in [6.07, 6.45) is 2.62. The van der Waals surface area contributed by atoms with Crippen molar-refractivity contribution >= 4 is 17.9 Å². The van der Waals surface area contributed by atoms with E-state index in [1.165, 1.54) is 0 Å². The van der Waals surface area contributed by atoms with Crippen LogP contribution in [0.25, 0.3) is 0 Å². The second kappa shape index (κ2) is 5.36. The Kier molecular flexibility index (Phi) is 3.82. The first kappa shape index (κ1) is 12.8. The molecule has 0 N–H and O–H groups in total. The molecule has 0 aliphatic carbocycles. The summed E-state index contributed by atoms with van der Waals surface area (Å²) in [4.78, 5) is 11.0. The number of benzene rings is 1. The molecule has 0 saturated carbocycles. The molecule has 0 bridgehead atoms. The van der Waals surface area contributed by atoms with Crippen LogP contribution in [-0.4, -0.2) is 16.1 Å². The molecule has 0 radical (unpaired) electrons. The van der Waals surface area contributed by atoms with Crippen molar-refractivity contribution in [3.8, 4) is 0 Å². The third-order valence-electron chi connectivity index (χ3n) is 2.78. The van der Waals surface area contributed by atoms with E-state index in [4.69, 9.17) is 11.6 Å². The van der Waals surface area contributed by atoms with Crippen molar-refractivity contribution < 1.29 is 4.79 Å². The van der Waals surface area contributed by atoms with Crippen LogP contribution < -0.4 is 0 Å². The monoisotopic (exact) mass is 262 g/mol. The highest BCUT2D eigenvalue weighted by Crippen LogP contribution is 2.19. The Bertz CT molecular complexity index is 561. The van der Waals surface area contributed by atoms with E-state index in [-0.39, 0.29) is 5.92 Å². The van der Waals surface area contributed by atoms with Crippen LogP contribution in [0.2, 0.25) is 5.02 Å². The van der Waals surface area contributed by atoms with Crippen molar-refractivity contribution in [2.45, 2.75) is 26.3 Å². The molecule has 18 heavy (non-hydrogen) atoms. The van der Waals surface area contributed by atoms with Gasteiger partial charge >= 0.3 is 0 Å². The van der Waals surface area contributed by atoms with Gasteiger partial charge < -0.3 is 0 Å². The molecule has 0 amide bonds. The van der Waals surface area contributed by atoms with Gasteiger partial charge in [-0.3, -0.25) is 9.48 Å². The molecule has 0 aliphatic rings. The number of halogens is 1. The number of nitrogens with zero attached hydrogens (tertiary/aromatic N) is 2. The van der Waals surface area contributed by atoms with Crippen molar-refractivity contribution in [3.63, 3.8) is 0 Å². The lowest BCUT2D eigenvalue weighted by molar-refractivity contribution is 0.112. The second-order valence-corrected chi connectivity index (χ2v) is 4.94. The number of carbonyl (C=O) groups excluding carboxylic acids is 1. The predicted octanol–water partition coefficient (Wildman–Crippen LogP) is 3.52. The summed E-state index contributed by atoms with van der Waals surface area (Å²) in [5, 5.41) is 5.16. The molecule has 94 valence electrons. The molecule has 1 aromatic carbocycles. The number of hydrogen-bond donors (Lipinski definition) is 0. The molecule has 0 spiro atoms. The lowest BCUT2D eigenvalue weighted by Gasteiger charge is -2.04. The van der Waals surface area contributed by atoms with Crippen LogP contribution in [0.3, 0.4) is 0 Å². The summed E-state index contributed by atoms with van der Waals surface area (Å²) in [5.74, 6) is 0.234. The molecular formula is C14H15ClN2O. The largest absolute Gasteiger partial charge is 0.298 e. The van der Waals surface area contributed by atoms with E-state index in [2.05, 4.69) is 5.10 Å². The molecule has 0 fully saturated rings. The van der Waals surface area contributed by atoms with Crippen LogP contribution in [0.1, 0.15) is 41.4 Å². The van der Waals surface area contributed by atoms with E-state index in [1.54, 1.807) is 10.9 Å². The number of rotatable bonds is 4. The summed E-state index contributed by atoms with van der Waals surface area (Å²) < 4.78 is 1.76. The van der Waals surface area contributed by atoms with Crippen molar-refractivity contribution in [2.24, 2.45) is 0 Å². The van der Waals surface area contributed by atoms with Crippen molar-refractivity contribution in [1.29, 1.82) is 0 Å². The van der Waals surface area contributed by atoms with Crippen LogP contribution in [0.4, 0.5) is 0 Å². The molecule has 0 unspecified atom stereocenters. The van der Waals surface area contributed by atoms with Crippen molar-refractivity contribution in [3.05, 3.63) is 52.3 Å². The van der Waals surface area contributed by atoms with Crippen LogP contribution in [0.15, 0.2) is 30.5 Å². The minimum Gasteiger partial charge on any atom is -0.298 e. The fraction of sp³-hybridized carbons (Fsp3) is 0.286. The van der Waals surface area contributed by atoms with E-state index < -0.39 is 0 Å². The van der Waals surface area contributed by atoms with Crippen molar-refractivity contribution in [1.82, 2.24) is 9.78 Å². The van der Waals surface area contributed by atoms with Crippen LogP contribution in [0, 0.1) is 0 Å². The standard InChI is InChI=1S/C14H15ClN2O/c1-10(2)14-12(9-18)8-17(16-14)7-11-5-3-4-6-13(11)15/h3-6,8-10H,7H2,1-2H3. The molecule has 4 heteroatoms. The third-order valence-corrected chi connectivity index (χ3v) is 3.15. The first-order chi connectivity index (χ1) is 8.61. The normalized spacial score (nSPS) is 10.9. The SMILES string of the molecule is CC(C)c1nn(Cc2ccccc2Cl)cc1C=O. The molecule has 2 rings (SSSR count). The minimum absolute atomic E-state index is 0.234. The number of carbonyl (C=O) groups is 1. The summed E-state index contributed by atoms with van der Waals surface area (Å²) in [6, 6.07) is 7.64. The van der Waals surface area contributed by atoms with E-state index in [1.807, 2.05) is 38.1 Å². The molecule has 2 aromatic rings. The summed E-state index contributed by atoms with van der Waals surface area (Å²) in [6.45, 7) is 4.62. The first-order valence-corrected chi connectivity index (χ1v) is 6.25. The topological polar surface area (TPSA) is 34.9 Å². The number of aromatic nitrogens is 2. The smallest absolute Gasteiger partial charge is 0.153 e. The zero-order valence-corrected chi connectivity index (χ0v) is 11.2. The maximum atomic E-state index is 11.0. The molecule has 0 atom stereocenters. The van der Waals surface area contributed by atoms with Gasteiger partial charge in [-0.1, -0.05) is 43.6 Å². The van der Waals surface area contributed by atoms with Crippen LogP contribution in [-0.2, 0) is 6.54 Å². The lowest BCUT2D eigenvalue weighted by atomic mass is 10.1. The Labute approximate surface area is 111 Å². The predicted molar refractivity (Wildman–Crippen MR) is 72.3 cm³/mol. The van der Waals surface area contributed by atoms with Gasteiger partial charge in [-0.2, -0.15) is 5.10 Å². The van der Waals surface area contributed by atoms with E-state index in [0.29, 0.717) is 17.1 Å². The quantitative estimate of drug-likeness (QED) is 0.790. The Morgan fingerprint density at radius 3 is 2.67 bits per heavy atom. The van der Waals surface area contributed by atoms with E-state index >= 15 is 0 Å². The van der Waals surface area contributed by atoms with Crippen LogP contribution in [0.5, 0.6) is 0 Å². The van der Waals surface area contributed by atoms with Gasteiger partial charge in [0.15, 0.2) is 6.29 Å². The van der Waals surface area contributed by atoms with Gasteiger partial charge in [-0.15, -0.1) is 0 Å². The minimum atomic E-state index is 0.234. The highest BCUT2D eigenvalue weighted by molar-refractivity contribution is 6.31. The molecular weight excluding hydrogens is 248 g/mol. The van der Waals surface area contributed by atoms with Gasteiger partial charge in [0, 0.05) is 11.2 Å². The zero-order chi connectivity index (χ0) is 13.1. The van der Waals surface area contributed by atoms with Gasteiger partial charge in [-0.25, -0.2) is 0 Å². The fourth-order valence-electron chi connectivity index (χ4n) is 1.87. The van der Waals surface area contributed by atoms with Gasteiger partial charge in [0.2, 0.25) is 0 Å². The average molecular weight is 263 g/mol. The lowest BCUT2D eigenvalue weighted by Crippen LogP contribution is -2.02. The summed E-state index contributed by atoms with van der Waals surface area (Å²) in [7, 11) is 0. The van der Waals surface area contributed by atoms with Crippen molar-refractivity contribution in [2.75, 3.05) is 0 Å². The number of aldehydes is 1. The molecule has 1 heterocycles. The Morgan fingerprint density at radius 1 is 1.39 bits per heavy atom. The van der Waals surface area contributed by atoms with Crippen LogP contribution >= 0.6 is 11.6 Å². The fourth-order valence-corrected chi connectivity index (χ4v) is 2.07. The summed E-state index contributed by atoms with van der Waals surface area (Å²) in [5.41, 5.74) is 2.48. The molecule has 3 nitrogen and oxygen atoms in total. The Balaban J connectivity index is 2.30. The van der Waals surface area contributed by atoms with Gasteiger partial charge in [0.05, 0.1) is 17.8 Å². The maximum Gasteiger partial charge on any atom is 0.153 e. The zero-order valence-electron chi connectivity index (χ0n) is 10.4. The van der Waals surface area contributed by atoms with Gasteiger partial charge in [-0.05, 0) is 17.5 Å². The molecule has 0 aliphatic heterocycles. The van der Waals surface area contributed by atoms with Gasteiger partial charge in [0.1, 0.15) is 0 Å². The molecule has 0 saturated heterocycles. The summed E-state index contributed by atoms with van der Waals surface area (Å²) >= 11 is 6.11. The highest BCUT2D eigenvalue weighted by Gasteiger charge is 2.12. The first-order valence-electron chi connectivity index (χ1n) is 5.87. The van der Waals surface area contributed by atoms with E-state index in [0.717, 1.165) is 17.5 Å². The average Bonchev–Trinajstić information content (AvgIpc) is 2.75. The number of hydrogen-bond acceptors (Lipinski definition) is 2. The Morgan fingerprint density at radius 2 is 2.11 bits per heavy atom. The second-order valence-electron chi connectivity index (χ2n) is 4.53. The third kappa shape index (κ3) is 2.62. The van der Waals surface area contributed by atoms with E-state index in [9.17, 15) is 4.79 Å². The highest BCUT2D eigenvalue weighted by atomic mass is 35.5.